The zero-order chi connectivity index (χ0) is 14.2. The third-order valence-corrected chi connectivity index (χ3v) is 5.52. The van der Waals surface area contributed by atoms with Gasteiger partial charge in [-0.3, -0.25) is 4.79 Å². The van der Waals surface area contributed by atoms with E-state index < -0.39 is 0 Å². The molecule has 2 aliphatic rings. The van der Waals surface area contributed by atoms with Gasteiger partial charge in [0.1, 0.15) is 0 Å². The van der Waals surface area contributed by atoms with Crippen molar-refractivity contribution < 1.29 is 4.79 Å². The van der Waals surface area contributed by atoms with Crippen molar-refractivity contribution in [2.75, 3.05) is 6.54 Å². The molecule has 0 aliphatic carbocycles. The van der Waals surface area contributed by atoms with Gasteiger partial charge in [-0.1, -0.05) is 24.3 Å². The molecule has 3 nitrogen and oxygen atoms in total. The lowest BCUT2D eigenvalue weighted by atomic mass is 9.94. The van der Waals surface area contributed by atoms with Crippen molar-refractivity contribution in [3.8, 4) is 0 Å². The number of nitrogens with zero attached hydrogens (tertiary/aromatic N) is 1. The SMILES string of the molecule is Cl.O=C(C1Cc2ccccc2CN1)N1CCc2sccc2C1. The number of carbonyl (C=O) groups excluding carboxylic acids is 1. The van der Waals surface area contributed by atoms with Gasteiger partial charge in [0.05, 0.1) is 6.04 Å². The van der Waals surface area contributed by atoms with E-state index in [0.717, 1.165) is 32.5 Å². The maximum absolute atomic E-state index is 12.8. The Labute approximate surface area is 140 Å². The Kier molecular flexibility index (Phi) is 4.52. The first kappa shape index (κ1) is 15.5. The van der Waals surface area contributed by atoms with Crippen LogP contribution in [0.25, 0.3) is 0 Å². The molecule has 1 atom stereocenters. The number of hydrogen-bond acceptors (Lipinski definition) is 3. The van der Waals surface area contributed by atoms with E-state index in [4.69, 9.17) is 0 Å². The van der Waals surface area contributed by atoms with Crippen LogP contribution in [0.2, 0.25) is 0 Å². The van der Waals surface area contributed by atoms with Crippen LogP contribution in [0.1, 0.15) is 21.6 Å². The number of rotatable bonds is 1. The summed E-state index contributed by atoms with van der Waals surface area (Å²) in [6.07, 6.45) is 1.81. The van der Waals surface area contributed by atoms with Crippen molar-refractivity contribution in [1.82, 2.24) is 10.2 Å². The van der Waals surface area contributed by atoms with E-state index in [1.54, 1.807) is 0 Å². The van der Waals surface area contributed by atoms with Gasteiger partial charge < -0.3 is 10.2 Å². The average Bonchev–Trinajstić information content (AvgIpc) is 3.01. The molecule has 4 rings (SSSR count). The second-order valence-corrected chi connectivity index (χ2v) is 6.79. The Balaban J connectivity index is 0.00000144. The zero-order valence-corrected chi connectivity index (χ0v) is 13.9. The largest absolute Gasteiger partial charge is 0.337 e. The van der Waals surface area contributed by atoms with Crippen LogP contribution in [0, 0.1) is 0 Å². The molecule has 2 aromatic rings. The molecule has 1 aromatic heterocycles. The maximum atomic E-state index is 12.8. The molecule has 2 aliphatic heterocycles. The number of hydrogen-bond donors (Lipinski definition) is 1. The first-order valence-electron chi connectivity index (χ1n) is 7.45. The molecule has 1 aromatic carbocycles. The van der Waals surface area contributed by atoms with Gasteiger partial charge in [0.25, 0.3) is 0 Å². The number of nitrogens with one attached hydrogen (secondary N) is 1. The summed E-state index contributed by atoms with van der Waals surface area (Å²) in [5.41, 5.74) is 3.96. The summed E-state index contributed by atoms with van der Waals surface area (Å²) < 4.78 is 0. The van der Waals surface area contributed by atoms with E-state index in [1.807, 2.05) is 16.2 Å². The van der Waals surface area contributed by atoms with Crippen LogP contribution < -0.4 is 5.32 Å². The minimum atomic E-state index is -0.0694. The van der Waals surface area contributed by atoms with E-state index in [9.17, 15) is 4.79 Å². The predicted octanol–water partition coefficient (Wildman–Crippen LogP) is 2.77. The summed E-state index contributed by atoms with van der Waals surface area (Å²) in [5.74, 6) is 0.251. The van der Waals surface area contributed by atoms with Gasteiger partial charge in [0.2, 0.25) is 5.91 Å². The van der Waals surface area contributed by atoms with Crippen LogP contribution in [0.3, 0.4) is 0 Å². The highest BCUT2D eigenvalue weighted by molar-refractivity contribution is 7.10. The molecule has 0 saturated carbocycles. The summed E-state index contributed by atoms with van der Waals surface area (Å²) >= 11 is 1.81. The quantitative estimate of drug-likeness (QED) is 0.869. The third kappa shape index (κ3) is 2.78. The van der Waals surface area contributed by atoms with Gasteiger partial charge in [0, 0.05) is 24.5 Å². The molecular weight excluding hydrogens is 316 g/mol. The number of halogens is 1. The highest BCUT2D eigenvalue weighted by Crippen LogP contribution is 2.25. The van der Waals surface area contributed by atoms with Gasteiger partial charge in [0.15, 0.2) is 0 Å². The van der Waals surface area contributed by atoms with Crippen molar-refractivity contribution in [2.45, 2.75) is 32.0 Å². The molecule has 116 valence electrons. The molecule has 0 fully saturated rings. The number of fused-ring (bicyclic) bond motifs is 2. The van der Waals surface area contributed by atoms with E-state index in [-0.39, 0.29) is 24.4 Å². The van der Waals surface area contributed by atoms with Crippen LogP contribution in [0.5, 0.6) is 0 Å². The smallest absolute Gasteiger partial charge is 0.240 e. The third-order valence-electron chi connectivity index (χ3n) is 4.50. The van der Waals surface area contributed by atoms with Crippen LogP contribution in [0.4, 0.5) is 0 Å². The standard InChI is InChI=1S/C17H18N2OS.ClH/c20-17(19-7-5-16-14(11-19)6-8-21-16)15-9-12-3-1-2-4-13(12)10-18-15;/h1-4,6,8,15,18H,5,7,9-11H2;1H. The van der Waals surface area contributed by atoms with Crippen LogP contribution in [0.15, 0.2) is 35.7 Å². The summed E-state index contributed by atoms with van der Waals surface area (Å²) in [4.78, 5) is 16.2. The lowest BCUT2D eigenvalue weighted by molar-refractivity contribution is -0.134. The lowest BCUT2D eigenvalue weighted by Crippen LogP contribution is -2.50. The molecule has 5 heteroatoms. The van der Waals surface area contributed by atoms with E-state index in [0.29, 0.717) is 0 Å². The number of thiophene rings is 1. The minimum absolute atomic E-state index is 0. The van der Waals surface area contributed by atoms with Crippen LogP contribution in [-0.4, -0.2) is 23.4 Å². The highest BCUT2D eigenvalue weighted by Gasteiger charge is 2.30. The second kappa shape index (κ2) is 6.41. The van der Waals surface area contributed by atoms with Gasteiger partial charge >= 0.3 is 0 Å². The Bertz CT molecular complexity index is 685. The summed E-state index contributed by atoms with van der Waals surface area (Å²) in [5, 5.41) is 5.53. The van der Waals surface area contributed by atoms with E-state index in [2.05, 4.69) is 41.0 Å². The molecule has 0 saturated heterocycles. The molecule has 0 radical (unpaired) electrons. The van der Waals surface area contributed by atoms with E-state index in [1.165, 1.54) is 21.6 Å². The first-order chi connectivity index (χ1) is 10.3. The van der Waals surface area contributed by atoms with Crippen molar-refractivity contribution in [2.24, 2.45) is 0 Å². The summed E-state index contributed by atoms with van der Waals surface area (Å²) in [6.45, 7) is 2.42. The Hall–Kier alpha value is -1.36. The van der Waals surface area contributed by atoms with Gasteiger partial charge in [-0.15, -0.1) is 23.7 Å². The molecule has 3 heterocycles. The first-order valence-corrected chi connectivity index (χ1v) is 8.33. The van der Waals surface area contributed by atoms with Gasteiger partial charge in [-0.25, -0.2) is 0 Å². The van der Waals surface area contributed by atoms with Crippen molar-refractivity contribution in [3.63, 3.8) is 0 Å². The number of amides is 1. The molecule has 1 amide bonds. The van der Waals surface area contributed by atoms with Gasteiger partial charge in [-0.2, -0.15) is 0 Å². The summed E-state index contributed by atoms with van der Waals surface area (Å²) in [6, 6.07) is 10.5. The Morgan fingerprint density at radius 1 is 1.18 bits per heavy atom. The molecule has 22 heavy (non-hydrogen) atoms. The Morgan fingerprint density at radius 2 is 2.00 bits per heavy atom. The number of benzene rings is 1. The van der Waals surface area contributed by atoms with E-state index >= 15 is 0 Å². The van der Waals surface area contributed by atoms with Gasteiger partial charge in [-0.05, 0) is 41.0 Å². The zero-order valence-electron chi connectivity index (χ0n) is 12.2. The maximum Gasteiger partial charge on any atom is 0.240 e. The fraction of sp³-hybridized carbons (Fsp3) is 0.353. The topological polar surface area (TPSA) is 32.3 Å². The predicted molar refractivity (Wildman–Crippen MR) is 91.5 cm³/mol. The van der Waals surface area contributed by atoms with Crippen molar-refractivity contribution >= 4 is 29.7 Å². The monoisotopic (exact) mass is 334 g/mol. The molecule has 1 unspecified atom stereocenters. The molecule has 0 spiro atoms. The fourth-order valence-corrected chi connectivity index (χ4v) is 4.18. The molecule has 1 N–H and O–H groups in total. The fourth-order valence-electron chi connectivity index (χ4n) is 3.29. The van der Waals surface area contributed by atoms with Crippen molar-refractivity contribution in [1.29, 1.82) is 0 Å². The normalized spacial score (nSPS) is 19.8. The summed E-state index contributed by atoms with van der Waals surface area (Å²) in [7, 11) is 0. The lowest BCUT2D eigenvalue weighted by Gasteiger charge is -2.33. The number of carbonyl (C=O) groups is 1. The average molecular weight is 335 g/mol. The van der Waals surface area contributed by atoms with Crippen LogP contribution in [-0.2, 0) is 30.7 Å². The van der Waals surface area contributed by atoms with Crippen LogP contribution >= 0.6 is 23.7 Å². The minimum Gasteiger partial charge on any atom is -0.337 e. The Morgan fingerprint density at radius 3 is 2.86 bits per heavy atom. The molecular formula is C17H19ClN2OS. The molecule has 0 bridgehead atoms. The highest BCUT2D eigenvalue weighted by atomic mass is 35.5. The second-order valence-electron chi connectivity index (χ2n) is 5.79. The van der Waals surface area contributed by atoms with Crippen molar-refractivity contribution in [3.05, 3.63) is 57.3 Å².